The number of ether oxygens (including phenoxy) is 1. The third-order valence-corrected chi connectivity index (χ3v) is 3.64. The summed E-state index contributed by atoms with van der Waals surface area (Å²) < 4.78 is 10.6. The molecule has 110 valence electrons. The lowest BCUT2D eigenvalue weighted by Gasteiger charge is -2.21. The molecule has 0 radical (unpaired) electrons. The number of nitrogens with zero attached hydrogens (tertiary/aromatic N) is 2. The summed E-state index contributed by atoms with van der Waals surface area (Å²) in [7, 11) is 1.60. The highest BCUT2D eigenvalue weighted by atomic mass is 16.5. The van der Waals surface area contributed by atoms with Crippen LogP contribution >= 0.6 is 0 Å². The molecule has 1 unspecified atom stereocenters. The summed E-state index contributed by atoms with van der Waals surface area (Å²) in [6.45, 7) is 4.02. The number of aliphatic carboxylic acids is 1. The Kier molecular flexibility index (Phi) is 4.54. The topological polar surface area (TPSA) is 85.5 Å². The first kappa shape index (κ1) is 14.7. The average molecular weight is 280 g/mol. The van der Waals surface area contributed by atoms with Gasteiger partial charge in [-0.05, 0) is 18.8 Å². The summed E-state index contributed by atoms with van der Waals surface area (Å²) in [5.74, 6) is -0.509. The van der Waals surface area contributed by atoms with Crippen molar-refractivity contribution in [2.75, 3.05) is 7.11 Å². The Morgan fingerprint density at radius 3 is 2.75 bits per heavy atom. The largest absolute Gasteiger partial charge is 0.481 e. The van der Waals surface area contributed by atoms with E-state index in [2.05, 4.69) is 10.1 Å². The van der Waals surface area contributed by atoms with Crippen molar-refractivity contribution in [1.82, 2.24) is 10.1 Å². The van der Waals surface area contributed by atoms with Gasteiger partial charge >= 0.3 is 5.97 Å². The van der Waals surface area contributed by atoms with E-state index in [1.807, 2.05) is 26.0 Å². The van der Waals surface area contributed by atoms with Crippen molar-refractivity contribution in [3.63, 3.8) is 0 Å². The van der Waals surface area contributed by atoms with E-state index in [0.29, 0.717) is 24.6 Å². The van der Waals surface area contributed by atoms with Gasteiger partial charge in [-0.3, -0.25) is 4.79 Å². The first-order valence-corrected chi connectivity index (χ1v) is 6.78. The lowest BCUT2D eigenvalue weighted by Crippen LogP contribution is -2.23. The van der Waals surface area contributed by atoms with Crippen LogP contribution in [-0.2, 0) is 9.53 Å². The van der Waals surface area contributed by atoms with Gasteiger partial charge in [0.1, 0.15) is 6.10 Å². The maximum atomic E-state index is 11.3. The Morgan fingerprint density at radius 2 is 2.15 bits per heavy atom. The molecule has 0 amide bonds. The molecule has 6 heteroatoms. The molecule has 1 aliphatic carbocycles. The second kappa shape index (κ2) is 6.17. The minimum Gasteiger partial charge on any atom is -0.481 e. The molecule has 6 nitrogen and oxygen atoms in total. The number of carboxylic acids is 1. The van der Waals surface area contributed by atoms with Crippen molar-refractivity contribution >= 4 is 5.97 Å². The number of hydrogen-bond donors (Lipinski definition) is 1. The summed E-state index contributed by atoms with van der Waals surface area (Å²) in [5.41, 5.74) is 0. The molecular formula is C14H20N2O4. The zero-order chi connectivity index (χ0) is 14.7. The minimum atomic E-state index is -0.828. The lowest BCUT2D eigenvalue weighted by atomic mass is 9.83. The van der Waals surface area contributed by atoms with Crippen LogP contribution in [0.4, 0.5) is 0 Å². The smallest absolute Gasteiger partial charge is 0.307 e. The summed E-state index contributed by atoms with van der Waals surface area (Å²) >= 11 is 0. The molecule has 1 aromatic heterocycles. The van der Waals surface area contributed by atoms with Gasteiger partial charge in [-0.25, -0.2) is 0 Å². The van der Waals surface area contributed by atoms with E-state index >= 15 is 0 Å². The number of aromatic nitrogens is 2. The predicted octanol–water partition coefficient (Wildman–Crippen LogP) is 2.55. The zero-order valence-electron chi connectivity index (χ0n) is 11.9. The Morgan fingerprint density at radius 1 is 1.45 bits per heavy atom. The van der Waals surface area contributed by atoms with Crippen molar-refractivity contribution < 1.29 is 19.2 Å². The van der Waals surface area contributed by atoms with Crippen LogP contribution in [0.5, 0.6) is 0 Å². The number of carbonyl (C=O) groups is 1. The van der Waals surface area contributed by atoms with E-state index in [4.69, 9.17) is 9.26 Å². The van der Waals surface area contributed by atoms with Crippen molar-refractivity contribution in [1.29, 1.82) is 0 Å². The van der Waals surface area contributed by atoms with Crippen LogP contribution in [0.2, 0.25) is 0 Å². The number of carboxylic acid groups (broad SMARTS) is 1. The van der Waals surface area contributed by atoms with Crippen LogP contribution in [0.1, 0.15) is 50.4 Å². The molecule has 1 heterocycles. The highest BCUT2D eigenvalue weighted by molar-refractivity contribution is 5.71. The summed E-state index contributed by atoms with van der Waals surface area (Å²) in [6.07, 6.45) is 4.71. The monoisotopic (exact) mass is 280 g/mol. The third-order valence-electron chi connectivity index (χ3n) is 3.64. The molecule has 1 N–H and O–H groups in total. The highest BCUT2D eigenvalue weighted by Crippen LogP contribution is 2.35. The van der Waals surface area contributed by atoms with Crippen molar-refractivity contribution in [3.8, 4) is 0 Å². The summed E-state index contributed by atoms with van der Waals surface area (Å²) in [6, 6.07) is 0. The molecular weight excluding hydrogens is 260 g/mol. The standard InChI is InChI=1S/C14H20N2O4/c1-8(2)11(19-3)12-15-13(20-16-12)9-6-4-5-7-10(9)14(17)18/h4-5,8-11H,6-7H2,1-3H3,(H,17,18)/t9-,10+,11?/m1/s1. The molecule has 0 saturated carbocycles. The Hall–Kier alpha value is -1.69. The quantitative estimate of drug-likeness (QED) is 0.834. The Bertz CT molecular complexity index is 495. The zero-order valence-corrected chi connectivity index (χ0v) is 11.9. The van der Waals surface area contributed by atoms with Crippen LogP contribution in [0.15, 0.2) is 16.7 Å². The fourth-order valence-corrected chi connectivity index (χ4v) is 2.55. The fourth-order valence-electron chi connectivity index (χ4n) is 2.55. The van der Waals surface area contributed by atoms with E-state index < -0.39 is 11.9 Å². The van der Waals surface area contributed by atoms with Gasteiger partial charge in [-0.15, -0.1) is 0 Å². The van der Waals surface area contributed by atoms with Crippen molar-refractivity contribution in [2.45, 2.75) is 38.7 Å². The normalized spacial score (nSPS) is 24.0. The summed E-state index contributed by atoms with van der Waals surface area (Å²) in [4.78, 5) is 15.7. The average Bonchev–Trinajstić information content (AvgIpc) is 2.88. The van der Waals surface area contributed by atoms with Crippen LogP contribution in [-0.4, -0.2) is 28.3 Å². The van der Waals surface area contributed by atoms with E-state index in [9.17, 15) is 9.90 Å². The summed E-state index contributed by atoms with van der Waals surface area (Å²) in [5, 5.41) is 13.2. The maximum Gasteiger partial charge on any atom is 0.307 e. The van der Waals surface area contributed by atoms with E-state index in [-0.39, 0.29) is 17.9 Å². The highest BCUT2D eigenvalue weighted by Gasteiger charge is 2.34. The van der Waals surface area contributed by atoms with Crippen molar-refractivity contribution in [3.05, 3.63) is 23.9 Å². The van der Waals surface area contributed by atoms with Gasteiger partial charge in [0.05, 0.1) is 11.8 Å². The van der Waals surface area contributed by atoms with Gasteiger partial charge in [0.2, 0.25) is 11.7 Å². The Balaban J connectivity index is 2.23. The fraction of sp³-hybridized carbons (Fsp3) is 0.643. The van der Waals surface area contributed by atoms with E-state index in [0.717, 1.165) is 0 Å². The van der Waals surface area contributed by atoms with Crippen LogP contribution in [0.3, 0.4) is 0 Å². The molecule has 0 saturated heterocycles. The number of hydrogen-bond acceptors (Lipinski definition) is 5. The molecule has 1 aliphatic rings. The van der Waals surface area contributed by atoms with Gasteiger partial charge in [-0.2, -0.15) is 4.98 Å². The van der Waals surface area contributed by atoms with Gasteiger partial charge < -0.3 is 14.4 Å². The van der Waals surface area contributed by atoms with Gasteiger partial charge in [0, 0.05) is 7.11 Å². The van der Waals surface area contributed by atoms with Gasteiger partial charge in [0.15, 0.2) is 0 Å². The van der Waals surface area contributed by atoms with Crippen LogP contribution in [0, 0.1) is 11.8 Å². The minimum absolute atomic E-state index is 0.215. The molecule has 2 rings (SSSR count). The second-order valence-electron chi connectivity index (χ2n) is 5.39. The molecule has 0 fully saturated rings. The van der Waals surface area contributed by atoms with Gasteiger partial charge in [-0.1, -0.05) is 31.2 Å². The van der Waals surface area contributed by atoms with Crippen molar-refractivity contribution in [2.24, 2.45) is 11.8 Å². The molecule has 20 heavy (non-hydrogen) atoms. The second-order valence-corrected chi connectivity index (χ2v) is 5.39. The van der Waals surface area contributed by atoms with Gasteiger partial charge in [0.25, 0.3) is 0 Å². The first-order chi connectivity index (χ1) is 9.54. The SMILES string of the molecule is COC(c1noc([C@@H]2CC=CC[C@@H]2C(=O)O)n1)C(C)C. The molecule has 1 aromatic rings. The number of allylic oxidation sites excluding steroid dienone is 2. The maximum absolute atomic E-state index is 11.3. The lowest BCUT2D eigenvalue weighted by molar-refractivity contribution is -0.142. The van der Waals surface area contributed by atoms with Crippen LogP contribution in [0.25, 0.3) is 0 Å². The molecule has 0 bridgehead atoms. The predicted molar refractivity (Wildman–Crippen MR) is 71.1 cm³/mol. The first-order valence-electron chi connectivity index (χ1n) is 6.78. The number of rotatable bonds is 5. The van der Waals surface area contributed by atoms with Crippen LogP contribution < -0.4 is 0 Å². The molecule has 3 atom stereocenters. The molecule has 0 aromatic carbocycles. The molecule has 0 aliphatic heterocycles. The Labute approximate surface area is 117 Å². The number of methoxy groups -OCH3 is 1. The molecule has 0 spiro atoms. The van der Waals surface area contributed by atoms with E-state index in [1.165, 1.54) is 0 Å². The third kappa shape index (κ3) is 2.90. The van der Waals surface area contributed by atoms with E-state index in [1.54, 1.807) is 7.11 Å².